The lowest BCUT2D eigenvalue weighted by atomic mass is 10.1. The molecule has 1 aliphatic rings. The first-order valence-corrected chi connectivity index (χ1v) is 12.7. The minimum Gasteiger partial charge on any atom is -0.497 e. The summed E-state index contributed by atoms with van der Waals surface area (Å²) in [6.07, 6.45) is 3.22. The Balaban J connectivity index is 1.46. The third kappa shape index (κ3) is 4.26. The van der Waals surface area contributed by atoms with Gasteiger partial charge in [0.15, 0.2) is 0 Å². The lowest BCUT2D eigenvalue weighted by Crippen LogP contribution is -2.49. The zero-order valence-corrected chi connectivity index (χ0v) is 20.7. The molecule has 2 aromatic carbocycles. The summed E-state index contributed by atoms with van der Waals surface area (Å²) in [5.41, 5.74) is 1.79. The predicted octanol–water partition coefficient (Wildman–Crippen LogP) is 2.97. The summed E-state index contributed by atoms with van der Waals surface area (Å²) in [6.45, 7) is 1.45. The van der Waals surface area contributed by atoms with E-state index in [9.17, 15) is 8.42 Å². The topological polar surface area (TPSA) is 102 Å². The highest BCUT2D eigenvalue weighted by molar-refractivity contribution is 7.89. The Morgan fingerprint density at radius 3 is 2.37 bits per heavy atom. The van der Waals surface area contributed by atoms with Gasteiger partial charge in [-0.1, -0.05) is 23.7 Å². The monoisotopic (exact) mass is 514 g/mol. The Labute approximate surface area is 207 Å². The maximum atomic E-state index is 13.4. The lowest BCUT2D eigenvalue weighted by Gasteiger charge is -2.36. The van der Waals surface area contributed by atoms with E-state index in [1.165, 1.54) is 23.8 Å². The van der Waals surface area contributed by atoms with Gasteiger partial charge in [-0.3, -0.25) is 0 Å². The summed E-state index contributed by atoms with van der Waals surface area (Å²) in [5, 5.41) is 4.71. The van der Waals surface area contributed by atoms with Crippen LogP contribution >= 0.6 is 11.6 Å². The van der Waals surface area contributed by atoms with Crippen LogP contribution in [0.15, 0.2) is 59.9 Å². The number of halogens is 1. The van der Waals surface area contributed by atoms with Gasteiger partial charge in [0.05, 0.1) is 14.2 Å². The fraction of sp³-hybridized carbons (Fsp3) is 0.261. The molecule has 0 atom stereocenters. The molecule has 0 unspecified atom stereocenters. The second-order valence-corrected chi connectivity index (χ2v) is 10.2. The maximum Gasteiger partial charge on any atom is 0.254 e. The molecule has 0 N–H and O–H groups in total. The van der Waals surface area contributed by atoms with E-state index >= 15 is 0 Å². The summed E-state index contributed by atoms with van der Waals surface area (Å²) >= 11 is 6.09. The van der Waals surface area contributed by atoms with E-state index in [-0.39, 0.29) is 23.7 Å². The van der Waals surface area contributed by atoms with Gasteiger partial charge >= 0.3 is 0 Å². The molecule has 2 aromatic heterocycles. The Morgan fingerprint density at radius 1 is 0.943 bits per heavy atom. The van der Waals surface area contributed by atoms with E-state index in [0.29, 0.717) is 23.9 Å². The number of hydrogen-bond donors (Lipinski definition) is 0. The number of fused-ring (bicyclic) bond motifs is 1. The average Bonchev–Trinajstić information content (AvgIpc) is 3.37. The van der Waals surface area contributed by atoms with E-state index in [1.54, 1.807) is 30.0 Å². The second kappa shape index (κ2) is 9.33. The zero-order valence-electron chi connectivity index (χ0n) is 19.1. The van der Waals surface area contributed by atoms with Gasteiger partial charge < -0.3 is 14.4 Å². The molecule has 10 nitrogen and oxygen atoms in total. The Kier molecular flexibility index (Phi) is 6.22. The number of hydrogen-bond acceptors (Lipinski definition) is 8. The quantitative estimate of drug-likeness (QED) is 0.387. The van der Waals surface area contributed by atoms with Crippen molar-refractivity contribution in [1.29, 1.82) is 0 Å². The van der Waals surface area contributed by atoms with Crippen molar-refractivity contribution < 1.29 is 17.9 Å². The summed E-state index contributed by atoms with van der Waals surface area (Å²) < 4.78 is 40.5. The fourth-order valence-electron chi connectivity index (χ4n) is 4.18. The highest BCUT2D eigenvalue weighted by atomic mass is 35.5. The standard InChI is InChI=1S/C23H23ClN6O4S/c1-33-18-6-3-16(4-7-18)19-14-25-23-26-15-27-30(23)22(19)28-9-11-29(12-10-28)35(31,32)21-13-17(24)5-8-20(21)34-2/h3-8,13-15H,9-12H2,1-2H3. The van der Waals surface area contributed by atoms with Crippen LogP contribution in [0.4, 0.5) is 5.82 Å². The van der Waals surface area contributed by atoms with Gasteiger partial charge in [0.1, 0.15) is 28.5 Å². The molecular formula is C23H23ClN6O4S. The molecule has 12 heteroatoms. The van der Waals surface area contributed by atoms with Gasteiger partial charge in [0.2, 0.25) is 10.0 Å². The second-order valence-electron chi connectivity index (χ2n) is 7.88. The van der Waals surface area contributed by atoms with Gasteiger partial charge in [-0.15, -0.1) is 0 Å². The number of benzene rings is 2. The van der Waals surface area contributed by atoms with Crippen LogP contribution in [0.25, 0.3) is 16.9 Å². The number of sulfonamides is 1. The summed E-state index contributed by atoms with van der Waals surface area (Å²) in [6, 6.07) is 12.3. The third-order valence-electron chi connectivity index (χ3n) is 5.96. The van der Waals surface area contributed by atoms with Crippen LogP contribution in [0.1, 0.15) is 0 Å². The van der Waals surface area contributed by atoms with Gasteiger partial charge in [-0.25, -0.2) is 13.4 Å². The van der Waals surface area contributed by atoms with Crippen LogP contribution in [0.5, 0.6) is 11.5 Å². The van der Waals surface area contributed by atoms with Gasteiger partial charge in [-0.2, -0.15) is 18.9 Å². The molecule has 0 aliphatic carbocycles. The van der Waals surface area contributed by atoms with Crippen molar-refractivity contribution >= 4 is 33.2 Å². The Bertz CT molecular complexity index is 1470. The van der Waals surface area contributed by atoms with Crippen LogP contribution < -0.4 is 14.4 Å². The maximum absolute atomic E-state index is 13.4. The third-order valence-corrected chi connectivity index (χ3v) is 8.12. The number of ether oxygens (including phenoxy) is 2. The molecule has 0 radical (unpaired) electrons. The van der Waals surface area contributed by atoms with E-state index in [2.05, 4.69) is 20.0 Å². The molecule has 182 valence electrons. The van der Waals surface area contributed by atoms with Gasteiger partial charge in [0.25, 0.3) is 5.78 Å². The van der Waals surface area contributed by atoms with Crippen molar-refractivity contribution in [3.05, 3.63) is 60.0 Å². The van der Waals surface area contributed by atoms with Crippen molar-refractivity contribution in [3.63, 3.8) is 0 Å². The van der Waals surface area contributed by atoms with E-state index < -0.39 is 10.0 Å². The van der Waals surface area contributed by atoms with Crippen molar-refractivity contribution in [3.8, 4) is 22.6 Å². The van der Waals surface area contributed by atoms with Crippen LogP contribution in [0, 0.1) is 0 Å². The number of piperazine rings is 1. The Morgan fingerprint density at radius 2 is 1.69 bits per heavy atom. The number of anilines is 1. The molecule has 1 aliphatic heterocycles. The van der Waals surface area contributed by atoms with Crippen molar-refractivity contribution in [1.82, 2.24) is 23.9 Å². The lowest BCUT2D eigenvalue weighted by molar-refractivity contribution is 0.373. The molecule has 5 rings (SSSR count). The summed E-state index contributed by atoms with van der Waals surface area (Å²) in [4.78, 5) is 10.8. The highest BCUT2D eigenvalue weighted by Crippen LogP contribution is 2.34. The fourth-order valence-corrected chi connectivity index (χ4v) is 6.02. The van der Waals surface area contributed by atoms with Gasteiger partial charge in [-0.05, 0) is 35.9 Å². The van der Waals surface area contributed by atoms with Crippen molar-refractivity contribution in [2.45, 2.75) is 4.90 Å². The first-order chi connectivity index (χ1) is 16.9. The van der Waals surface area contributed by atoms with E-state index in [0.717, 1.165) is 22.7 Å². The molecule has 35 heavy (non-hydrogen) atoms. The largest absolute Gasteiger partial charge is 0.497 e. The zero-order chi connectivity index (χ0) is 24.6. The summed E-state index contributed by atoms with van der Waals surface area (Å²) in [5.74, 6) is 2.28. The number of methoxy groups -OCH3 is 2. The number of rotatable bonds is 6. The highest BCUT2D eigenvalue weighted by Gasteiger charge is 2.32. The molecule has 0 saturated carbocycles. The minimum atomic E-state index is -3.80. The Hall–Kier alpha value is -3.41. The average molecular weight is 515 g/mol. The first kappa shape index (κ1) is 23.3. The minimum absolute atomic E-state index is 0.0578. The first-order valence-electron chi connectivity index (χ1n) is 10.8. The van der Waals surface area contributed by atoms with Crippen LogP contribution in [0.3, 0.4) is 0 Å². The molecule has 0 amide bonds. The van der Waals surface area contributed by atoms with Gasteiger partial charge in [0, 0.05) is 43.0 Å². The number of nitrogens with zero attached hydrogens (tertiary/aromatic N) is 6. The summed E-state index contributed by atoms with van der Waals surface area (Å²) in [7, 11) is -0.739. The van der Waals surface area contributed by atoms with E-state index in [4.69, 9.17) is 21.1 Å². The molecule has 3 heterocycles. The molecule has 0 bridgehead atoms. The van der Waals surface area contributed by atoms with Crippen molar-refractivity contribution in [2.24, 2.45) is 0 Å². The molecule has 4 aromatic rings. The molecular weight excluding hydrogens is 492 g/mol. The van der Waals surface area contributed by atoms with E-state index in [1.807, 2.05) is 24.3 Å². The van der Waals surface area contributed by atoms with Crippen molar-refractivity contribution in [2.75, 3.05) is 45.3 Å². The molecule has 1 saturated heterocycles. The predicted molar refractivity (Wildman–Crippen MR) is 132 cm³/mol. The SMILES string of the molecule is COc1ccc(-c2cnc3ncnn3c2N2CCN(S(=O)(=O)c3cc(Cl)ccc3OC)CC2)cc1. The van der Waals surface area contributed by atoms with Crippen LogP contribution in [0.2, 0.25) is 5.02 Å². The van der Waals surface area contributed by atoms with Crippen LogP contribution in [-0.2, 0) is 10.0 Å². The number of aromatic nitrogens is 4. The normalized spacial score (nSPS) is 14.9. The van der Waals surface area contributed by atoms with Crippen LogP contribution in [-0.4, -0.2) is 72.7 Å². The molecule has 0 spiro atoms. The smallest absolute Gasteiger partial charge is 0.254 e. The molecule has 1 fully saturated rings.